The number of hydrogen-bond acceptors (Lipinski definition) is 2. The van der Waals surface area contributed by atoms with Gasteiger partial charge in [0.1, 0.15) is 11.6 Å². The summed E-state index contributed by atoms with van der Waals surface area (Å²) in [5.74, 6) is -1.16. The molecule has 0 saturated heterocycles. The van der Waals surface area contributed by atoms with Gasteiger partial charge in [0.2, 0.25) is 0 Å². The normalized spacial score (nSPS) is 12.7. The number of nitrogens with zero attached hydrogens (tertiary/aromatic N) is 2. The second-order valence-electron chi connectivity index (χ2n) is 4.41. The first-order chi connectivity index (χ1) is 8.47. The van der Waals surface area contributed by atoms with Crippen LogP contribution in [0.25, 0.3) is 0 Å². The Morgan fingerprint density at radius 2 is 2.06 bits per heavy atom. The van der Waals surface area contributed by atoms with Crippen LogP contribution in [0.4, 0.5) is 8.78 Å². The molecule has 96 valence electrons. The fourth-order valence-electron chi connectivity index (χ4n) is 1.87. The number of aryl methyl sites for hydroxylation is 2. The number of benzene rings is 1. The van der Waals surface area contributed by atoms with E-state index in [-0.39, 0.29) is 0 Å². The molecule has 2 rings (SSSR count). The molecule has 0 bridgehead atoms. The molecule has 0 spiro atoms. The van der Waals surface area contributed by atoms with Crippen LogP contribution in [0.1, 0.15) is 22.9 Å². The summed E-state index contributed by atoms with van der Waals surface area (Å²) in [4.78, 5) is 0. The molecule has 3 nitrogen and oxygen atoms in total. The van der Waals surface area contributed by atoms with E-state index >= 15 is 0 Å². The first kappa shape index (κ1) is 12.7. The highest BCUT2D eigenvalue weighted by atomic mass is 19.1. The molecule has 1 heterocycles. The van der Waals surface area contributed by atoms with E-state index in [1.807, 2.05) is 6.07 Å². The van der Waals surface area contributed by atoms with Crippen LogP contribution < -0.4 is 5.73 Å². The average Bonchev–Trinajstić information content (AvgIpc) is 2.69. The highest BCUT2D eigenvalue weighted by Gasteiger charge is 2.15. The Labute approximate surface area is 104 Å². The van der Waals surface area contributed by atoms with Gasteiger partial charge in [-0.05, 0) is 24.6 Å². The van der Waals surface area contributed by atoms with Crippen molar-refractivity contribution in [2.75, 3.05) is 0 Å². The maximum Gasteiger partial charge on any atom is 0.130 e. The molecule has 5 heteroatoms. The van der Waals surface area contributed by atoms with Gasteiger partial charge < -0.3 is 5.73 Å². The van der Waals surface area contributed by atoms with Crippen LogP contribution in [-0.2, 0) is 13.5 Å². The van der Waals surface area contributed by atoms with Crippen LogP contribution >= 0.6 is 0 Å². The third-order valence-corrected chi connectivity index (χ3v) is 2.88. The molecular formula is C13H15F2N3. The predicted octanol–water partition coefficient (Wildman–Crippen LogP) is 2.25. The minimum absolute atomic E-state index is 0.319. The lowest BCUT2D eigenvalue weighted by Gasteiger charge is -2.13. The molecule has 18 heavy (non-hydrogen) atoms. The van der Waals surface area contributed by atoms with Crippen LogP contribution in [-0.4, -0.2) is 9.78 Å². The van der Waals surface area contributed by atoms with Gasteiger partial charge in [-0.1, -0.05) is 0 Å². The van der Waals surface area contributed by atoms with Crippen molar-refractivity contribution in [3.05, 3.63) is 52.9 Å². The van der Waals surface area contributed by atoms with E-state index in [4.69, 9.17) is 5.73 Å². The minimum atomic E-state index is -0.610. The zero-order valence-corrected chi connectivity index (χ0v) is 10.3. The molecule has 0 saturated carbocycles. The molecular weight excluding hydrogens is 236 g/mol. The zero-order chi connectivity index (χ0) is 13.3. The van der Waals surface area contributed by atoms with Gasteiger partial charge in [0.05, 0.1) is 5.69 Å². The molecule has 1 aromatic carbocycles. The van der Waals surface area contributed by atoms with Gasteiger partial charge in [-0.25, -0.2) is 8.78 Å². The van der Waals surface area contributed by atoms with Gasteiger partial charge in [0.15, 0.2) is 0 Å². The largest absolute Gasteiger partial charge is 0.324 e. The van der Waals surface area contributed by atoms with E-state index in [1.165, 1.54) is 6.07 Å². The lowest BCUT2D eigenvalue weighted by molar-refractivity contribution is 0.547. The van der Waals surface area contributed by atoms with E-state index in [9.17, 15) is 8.78 Å². The molecule has 0 radical (unpaired) electrons. The van der Waals surface area contributed by atoms with E-state index in [2.05, 4.69) is 5.10 Å². The lowest BCUT2D eigenvalue weighted by Crippen LogP contribution is -2.16. The Hall–Kier alpha value is -1.75. The first-order valence-electron chi connectivity index (χ1n) is 5.67. The molecule has 1 atom stereocenters. The van der Waals surface area contributed by atoms with Crippen molar-refractivity contribution in [3.8, 4) is 0 Å². The number of nitrogens with two attached hydrogens (primary N) is 1. The summed E-state index contributed by atoms with van der Waals surface area (Å²) in [6.07, 6.45) is 2.22. The number of aromatic nitrogens is 2. The van der Waals surface area contributed by atoms with Crippen molar-refractivity contribution >= 4 is 0 Å². The average molecular weight is 251 g/mol. The Morgan fingerprint density at radius 3 is 2.67 bits per heavy atom. The SMILES string of the molecule is Cc1cc(C(N)Cc2ccn(C)n2)c(F)cc1F. The maximum atomic E-state index is 13.6. The van der Waals surface area contributed by atoms with E-state index in [0.29, 0.717) is 17.5 Å². The van der Waals surface area contributed by atoms with Crippen LogP contribution in [0.15, 0.2) is 24.4 Å². The molecule has 0 amide bonds. The Morgan fingerprint density at radius 1 is 1.33 bits per heavy atom. The molecule has 0 aliphatic heterocycles. The van der Waals surface area contributed by atoms with Gasteiger partial charge in [-0.2, -0.15) is 5.10 Å². The second-order valence-corrected chi connectivity index (χ2v) is 4.41. The molecule has 1 aromatic heterocycles. The highest BCUT2D eigenvalue weighted by Crippen LogP contribution is 2.21. The molecule has 0 aliphatic rings. The van der Waals surface area contributed by atoms with Crippen LogP contribution in [0.2, 0.25) is 0 Å². The topological polar surface area (TPSA) is 43.8 Å². The molecule has 1 unspecified atom stereocenters. The summed E-state index contributed by atoms with van der Waals surface area (Å²) in [6, 6.07) is 3.63. The summed E-state index contributed by atoms with van der Waals surface area (Å²) < 4.78 is 28.5. The van der Waals surface area contributed by atoms with Crippen molar-refractivity contribution in [3.63, 3.8) is 0 Å². The van der Waals surface area contributed by atoms with Crippen molar-refractivity contribution in [1.82, 2.24) is 9.78 Å². The van der Waals surface area contributed by atoms with Crippen molar-refractivity contribution in [2.45, 2.75) is 19.4 Å². The van der Waals surface area contributed by atoms with Crippen molar-refractivity contribution in [2.24, 2.45) is 12.8 Å². The number of halogens is 2. The molecule has 0 fully saturated rings. The fourth-order valence-corrected chi connectivity index (χ4v) is 1.87. The summed E-state index contributed by atoms with van der Waals surface area (Å²) in [7, 11) is 1.80. The fraction of sp³-hybridized carbons (Fsp3) is 0.308. The summed E-state index contributed by atoms with van der Waals surface area (Å²) in [5.41, 5.74) is 7.44. The lowest BCUT2D eigenvalue weighted by atomic mass is 10.00. The molecule has 0 aliphatic carbocycles. The molecule has 2 N–H and O–H groups in total. The van der Waals surface area contributed by atoms with Crippen LogP contribution in [0.5, 0.6) is 0 Å². The molecule has 2 aromatic rings. The number of hydrogen-bond donors (Lipinski definition) is 1. The van der Waals surface area contributed by atoms with E-state index in [1.54, 1.807) is 24.9 Å². The van der Waals surface area contributed by atoms with E-state index in [0.717, 1.165) is 11.8 Å². The summed E-state index contributed by atoms with van der Waals surface area (Å²) in [6.45, 7) is 1.59. The van der Waals surface area contributed by atoms with Crippen molar-refractivity contribution < 1.29 is 8.78 Å². The first-order valence-corrected chi connectivity index (χ1v) is 5.67. The number of rotatable bonds is 3. The summed E-state index contributed by atoms with van der Waals surface area (Å²) in [5, 5.41) is 4.19. The van der Waals surface area contributed by atoms with Gasteiger partial charge >= 0.3 is 0 Å². The van der Waals surface area contributed by atoms with Crippen LogP contribution in [0.3, 0.4) is 0 Å². The zero-order valence-electron chi connectivity index (χ0n) is 10.3. The monoisotopic (exact) mass is 251 g/mol. The Kier molecular flexibility index (Phi) is 3.43. The smallest absolute Gasteiger partial charge is 0.130 e. The maximum absolute atomic E-state index is 13.6. The predicted molar refractivity (Wildman–Crippen MR) is 64.9 cm³/mol. The summed E-state index contributed by atoms with van der Waals surface area (Å²) >= 11 is 0. The Bertz CT molecular complexity index is 563. The highest BCUT2D eigenvalue weighted by molar-refractivity contribution is 5.28. The second kappa shape index (κ2) is 4.86. The van der Waals surface area contributed by atoms with E-state index < -0.39 is 17.7 Å². The quantitative estimate of drug-likeness (QED) is 0.909. The van der Waals surface area contributed by atoms with Crippen molar-refractivity contribution in [1.29, 1.82) is 0 Å². The third kappa shape index (κ3) is 2.56. The van der Waals surface area contributed by atoms with Gasteiger partial charge in [-0.3, -0.25) is 4.68 Å². The van der Waals surface area contributed by atoms with Crippen LogP contribution in [0, 0.1) is 18.6 Å². The Balaban J connectivity index is 2.23. The van der Waals surface area contributed by atoms with Gasteiger partial charge in [0.25, 0.3) is 0 Å². The standard InChI is InChI=1S/C13H15F2N3/c1-8-5-10(12(15)7-11(8)14)13(16)6-9-3-4-18(2)17-9/h3-5,7,13H,6,16H2,1-2H3. The van der Waals surface area contributed by atoms with Gasteiger partial charge in [0, 0.05) is 37.3 Å². The minimum Gasteiger partial charge on any atom is -0.324 e. The third-order valence-electron chi connectivity index (χ3n) is 2.88. The van der Waals surface area contributed by atoms with Gasteiger partial charge in [-0.15, -0.1) is 0 Å².